The fourth-order valence-corrected chi connectivity index (χ4v) is 3.53. The zero-order chi connectivity index (χ0) is 20.2. The average molecular weight is 397 g/mol. The number of hydrogen-bond donors (Lipinski definition) is 3. The van der Waals surface area contributed by atoms with Crippen LogP contribution in [0.4, 0.5) is 11.4 Å². The lowest BCUT2D eigenvalue weighted by Crippen LogP contribution is -2.42. The normalized spacial score (nSPS) is 18.3. The van der Waals surface area contributed by atoms with E-state index in [1.807, 2.05) is 4.90 Å². The summed E-state index contributed by atoms with van der Waals surface area (Å²) in [5, 5.41) is 15.4. The first kappa shape index (κ1) is 19.2. The molecule has 4 rings (SSSR count). The second kappa shape index (κ2) is 8.50. The molecule has 8 nitrogen and oxygen atoms in total. The van der Waals surface area contributed by atoms with Gasteiger partial charge in [-0.2, -0.15) is 0 Å². The van der Waals surface area contributed by atoms with E-state index in [9.17, 15) is 14.7 Å². The molecule has 152 valence electrons. The molecule has 0 saturated carbocycles. The Balaban J connectivity index is 1.42. The average Bonchev–Trinajstić information content (AvgIpc) is 3.16. The number of nitrogens with zero attached hydrogens (tertiary/aromatic N) is 1. The molecular weight excluding hydrogens is 374 g/mol. The van der Waals surface area contributed by atoms with E-state index in [2.05, 4.69) is 10.6 Å². The van der Waals surface area contributed by atoms with Gasteiger partial charge in [-0.3, -0.25) is 14.5 Å². The number of aliphatic hydroxyl groups excluding tert-OH is 1. The Hall–Kier alpha value is -3.10. The van der Waals surface area contributed by atoms with Crippen LogP contribution >= 0.6 is 0 Å². The number of anilines is 2. The first-order valence-electron chi connectivity index (χ1n) is 9.59. The number of hydrogen-bond acceptors (Lipinski definition) is 6. The number of amides is 2. The van der Waals surface area contributed by atoms with Crippen LogP contribution in [0.3, 0.4) is 0 Å². The Kier molecular flexibility index (Phi) is 5.64. The molecule has 0 aliphatic carbocycles. The van der Waals surface area contributed by atoms with Crippen LogP contribution in [0.1, 0.15) is 23.2 Å². The Bertz CT molecular complexity index is 917. The number of para-hydroxylation sites is 1. The second-order valence-corrected chi connectivity index (χ2v) is 7.15. The third-order valence-corrected chi connectivity index (χ3v) is 4.92. The highest BCUT2D eigenvalue weighted by atomic mass is 16.7. The largest absolute Gasteiger partial charge is 0.454 e. The molecule has 29 heavy (non-hydrogen) atoms. The van der Waals surface area contributed by atoms with Gasteiger partial charge in [-0.25, -0.2) is 0 Å². The molecule has 1 atom stereocenters. The maximum Gasteiger partial charge on any atom is 0.257 e. The minimum Gasteiger partial charge on any atom is -0.454 e. The van der Waals surface area contributed by atoms with Crippen molar-refractivity contribution in [3.63, 3.8) is 0 Å². The van der Waals surface area contributed by atoms with E-state index >= 15 is 0 Å². The van der Waals surface area contributed by atoms with Crippen LogP contribution in [0.2, 0.25) is 0 Å². The lowest BCUT2D eigenvalue weighted by atomic mass is 10.1. The van der Waals surface area contributed by atoms with Gasteiger partial charge in [-0.05, 0) is 43.7 Å². The molecule has 0 radical (unpaired) electrons. The molecule has 2 heterocycles. The predicted octanol–water partition coefficient (Wildman–Crippen LogP) is 2.06. The van der Waals surface area contributed by atoms with Gasteiger partial charge in [-0.15, -0.1) is 0 Å². The summed E-state index contributed by atoms with van der Waals surface area (Å²) in [4.78, 5) is 27.1. The van der Waals surface area contributed by atoms with Gasteiger partial charge in [0, 0.05) is 18.3 Å². The van der Waals surface area contributed by atoms with Crippen molar-refractivity contribution < 1.29 is 24.2 Å². The number of benzene rings is 2. The van der Waals surface area contributed by atoms with E-state index < -0.39 is 6.10 Å². The number of piperidine rings is 1. The van der Waals surface area contributed by atoms with Gasteiger partial charge in [0.05, 0.1) is 23.9 Å². The molecule has 2 aromatic carbocycles. The second-order valence-electron chi connectivity index (χ2n) is 7.15. The summed E-state index contributed by atoms with van der Waals surface area (Å²) in [6, 6.07) is 12.0. The zero-order valence-electron chi connectivity index (χ0n) is 15.9. The number of likely N-dealkylation sites (tertiary alicyclic amines) is 1. The first-order valence-corrected chi connectivity index (χ1v) is 9.59. The molecule has 0 spiro atoms. The number of ether oxygens (including phenoxy) is 2. The van der Waals surface area contributed by atoms with Gasteiger partial charge in [-0.1, -0.05) is 12.1 Å². The van der Waals surface area contributed by atoms with Gasteiger partial charge < -0.3 is 25.2 Å². The molecule has 0 bridgehead atoms. The topological polar surface area (TPSA) is 100 Å². The number of carbonyl (C=O) groups is 2. The van der Waals surface area contributed by atoms with Crippen molar-refractivity contribution in [2.24, 2.45) is 0 Å². The van der Waals surface area contributed by atoms with Crippen LogP contribution < -0.4 is 20.1 Å². The summed E-state index contributed by atoms with van der Waals surface area (Å²) in [6.07, 6.45) is 1.24. The van der Waals surface area contributed by atoms with Crippen molar-refractivity contribution in [3.05, 3.63) is 48.0 Å². The van der Waals surface area contributed by atoms with E-state index in [1.165, 1.54) is 0 Å². The quantitative estimate of drug-likeness (QED) is 0.714. The minimum atomic E-state index is -0.392. The molecule has 2 aromatic rings. The third-order valence-electron chi connectivity index (χ3n) is 4.92. The molecule has 1 unspecified atom stereocenters. The molecular formula is C21H23N3O5. The standard InChI is InChI=1S/C21H23N3O5/c25-15-4-3-9-24(11-15)12-20(26)23-17-6-2-1-5-16(17)21(27)22-14-7-8-18-19(10-14)29-13-28-18/h1-2,5-8,10,15,25H,3-4,9,11-13H2,(H,22,27)(H,23,26). The Morgan fingerprint density at radius 3 is 2.79 bits per heavy atom. The van der Waals surface area contributed by atoms with Crippen molar-refractivity contribution in [1.29, 1.82) is 0 Å². The minimum absolute atomic E-state index is 0.162. The monoisotopic (exact) mass is 397 g/mol. The summed E-state index contributed by atoms with van der Waals surface area (Å²) in [5.74, 6) is 0.655. The Labute approximate surface area is 168 Å². The highest BCUT2D eigenvalue weighted by Gasteiger charge is 2.21. The lowest BCUT2D eigenvalue weighted by molar-refractivity contribution is -0.118. The van der Waals surface area contributed by atoms with Crippen LogP contribution in [0.25, 0.3) is 0 Å². The zero-order valence-corrected chi connectivity index (χ0v) is 15.9. The van der Waals surface area contributed by atoms with E-state index in [0.717, 1.165) is 19.4 Å². The fraction of sp³-hybridized carbons (Fsp3) is 0.333. The van der Waals surface area contributed by atoms with Gasteiger partial charge in [0.25, 0.3) is 5.91 Å². The van der Waals surface area contributed by atoms with Crippen molar-refractivity contribution in [2.45, 2.75) is 18.9 Å². The highest BCUT2D eigenvalue weighted by Crippen LogP contribution is 2.34. The molecule has 2 aliphatic heterocycles. The number of nitrogens with one attached hydrogen (secondary N) is 2. The molecule has 1 fully saturated rings. The number of fused-ring (bicyclic) bond motifs is 1. The maximum atomic E-state index is 12.8. The summed E-state index contributed by atoms with van der Waals surface area (Å²) in [7, 11) is 0. The molecule has 8 heteroatoms. The highest BCUT2D eigenvalue weighted by molar-refractivity contribution is 6.10. The van der Waals surface area contributed by atoms with Crippen LogP contribution in [0.15, 0.2) is 42.5 Å². The number of carbonyl (C=O) groups excluding carboxylic acids is 2. The van der Waals surface area contributed by atoms with Gasteiger partial charge >= 0.3 is 0 Å². The van der Waals surface area contributed by atoms with Crippen molar-refractivity contribution in [1.82, 2.24) is 4.90 Å². The maximum absolute atomic E-state index is 12.8. The van der Waals surface area contributed by atoms with Crippen LogP contribution in [0, 0.1) is 0 Å². The Morgan fingerprint density at radius 2 is 1.93 bits per heavy atom. The predicted molar refractivity (Wildman–Crippen MR) is 107 cm³/mol. The van der Waals surface area contributed by atoms with E-state index in [0.29, 0.717) is 35.0 Å². The van der Waals surface area contributed by atoms with Crippen molar-refractivity contribution in [3.8, 4) is 11.5 Å². The van der Waals surface area contributed by atoms with Gasteiger partial charge in [0.1, 0.15) is 0 Å². The van der Waals surface area contributed by atoms with Crippen molar-refractivity contribution >= 4 is 23.2 Å². The van der Waals surface area contributed by atoms with Crippen LogP contribution in [-0.2, 0) is 4.79 Å². The van der Waals surface area contributed by atoms with E-state index in [1.54, 1.807) is 42.5 Å². The smallest absolute Gasteiger partial charge is 0.257 e. The summed E-state index contributed by atoms with van der Waals surface area (Å²) >= 11 is 0. The van der Waals surface area contributed by atoms with E-state index in [4.69, 9.17) is 9.47 Å². The van der Waals surface area contributed by atoms with Gasteiger partial charge in [0.2, 0.25) is 12.7 Å². The SMILES string of the molecule is O=C(CN1CCCC(O)C1)Nc1ccccc1C(=O)Nc1ccc2c(c1)OCO2. The third kappa shape index (κ3) is 4.67. The van der Waals surface area contributed by atoms with Crippen LogP contribution in [0.5, 0.6) is 11.5 Å². The molecule has 3 N–H and O–H groups in total. The molecule has 1 saturated heterocycles. The fourth-order valence-electron chi connectivity index (χ4n) is 3.53. The summed E-state index contributed by atoms with van der Waals surface area (Å²) < 4.78 is 10.6. The lowest BCUT2D eigenvalue weighted by Gasteiger charge is -2.29. The Morgan fingerprint density at radius 1 is 1.10 bits per heavy atom. The number of rotatable bonds is 5. The number of aliphatic hydroxyl groups is 1. The van der Waals surface area contributed by atoms with Gasteiger partial charge in [0.15, 0.2) is 11.5 Å². The van der Waals surface area contributed by atoms with Crippen molar-refractivity contribution in [2.75, 3.05) is 37.1 Å². The summed E-state index contributed by atoms with van der Waals surface area (Å²) in [6.45, 7) is 1.60. The summed E-state index contributed by atoms with van der Waals surface area (Å²) in [5.41, 5.74) is 1.37. The van der Waals surface area contributed by atoms with E-state index in [-0.39, 0.29) is 25.2 Å². The molecule has 2 aliphatic rings. The van der Waals surface area contributed by atoms with Crippen LogP contribution in [-0.4, -0.2) is 54.4 Å². The first-order chi connectivity index (χ1) is 14.1. The molecule has 2 amide bonds. The molecule has 0 aromatic heterocycles. The number of β-amino-alcohol motifs (C(OH)–C–C–N with tert-alkyl or cyclic N) is 1.